The monoisotopic (exact) mass is 221 g/mol. The lowest BCUT2D eigenvalue weighted by Gasteiger charge is -2.26. The van der Waals surface area contributed by atoms with Gasteiger partial charge in [-0.3, -0.25) is 0 Å². The maximum atomic E-state index is 6.42. The molecule has 0 aromatic heterocycles. The second-order valence-electron chi connectivity index (χ2n) is 4.76. The Bertz CT molecular complexity index is 129. The highest BCUT2D eigenvalue weighted by molar-refractivity contribution is 7.05. The molecule has 0 aliphatic carbocycles. The average Bonchev–Trinajstić information content (AvgIpc) is 2.02. The molecule has 0 heterocycles. The van der Waals surface area contributed by atoms with Crippen molar-refractivity contribution in [2.45, 2.75) is 47.1 Å². The van der Waals surface area contributed by atoms with Crippen LogP contribution in [0.15, 0.2) is 0 Å². The molecule has 0 N–H and O–H groups in total. The molecule has 0 aliphatic rings. The first kappa shape index (κ1) is 13.5. The van der Waals surface area contributed by atoms with Crippen molar-refractivity contribution in [3.8, 4) is 0 Å². The number of nitrogens with zero attached hydrogens (tertiary/aromatic N) is 1. The van der Waals surface area contributed by atoms with Gasteiger partial charge in [0.1, 0.15) is 0 Å². The average molecular weight is 222 g/mol. The van der Waals surface area contributed by atoms with Crippen molar-refractivity contribution < 1.29 is 0 Å². The zero-order valence-corrected chi connectivity index (χ0v) is 11.6. The molecule has 0 aliphatic heterocycles. The maximum Gasteiger partial charge on any atom is 0.213 e. The van der Waals surface area contributed by atoms with E-state index < -0.39 is 8.27 Å². The van der Waals surface area contributed by atoms with Crippen LogP contribution in [0, 0.1) is 5.41 Å². The van der Waals surface area contributed by atoms with Crippen molar-refractivity contribution in [3.05, 3.63) is 0 Å². The Morgan fingerprint density at radius 1 is 1.15 bits per heavy atom. The summed E-state index contributed by atoms with van der Waals surface area (Å²) in [5, 5.41) is 0. The molecule has 1 atom stereocenters. The van der Waals surface area contributed by atoms with Crippen LogP contribution in [-0.4, -0.2) is 25.9 Å². The molecule has 0 spiro atoms. The van der Waals surface area contributed by atoms with E-state index in [0.717, 1.165) is 13.1 Å². The molecule has 3 heteroatoms. The van der Waals surface area contributed by atoms with Crippen LogP contribution in [0.25, 0.3) is 0 Å². The van der Waals surface area contributed by atoms with Crippen LogP contribution < -0.4 is 0 Å². The third-order valence-electron chi connectivity index (χ3n) is 2.34. The van der Waals surface area contributed by atoms with Crippen LogP contribution in [0.4, 0.5) is 0 Å². The molecule has 0 radical (unpaired) electrons. The quantitative estimate of drug-likeness (QED) is 0.509. The standard InChI is InChI=1S/C10H24ClNSi/c1-6-12(7-2)13(11)9-8-10(3,4)5/h13H,6-9H2,1-5H3. The highest BCUT2D eigenvalue weighted by Gasteiger charge is 2.18. The van der Waals surface area contributed by atoms with Crippen LogP contribution in [-0.2, 0) is 0 Å². The minimum absolute atomic E-state index is 0.438. The fraction of sp³-hybridized carbons (Fsp3) is 1.00. The molecule has 80 valence electrons. The van der Waals surface area contributed by atoms with Gasteiger partial charge in [0.2, 0.25) is 8.27 Å². The van der Waals surface area contributed by atoms with Gasteiger partial charge in [-0.05, 0) is 31.0 Å². The molecule has 0 bridgehead atoms. The molecule has 0 rings (SSSR count). The van der Waals surface area contributed by atoms with Gasteiger partial charge in [0.25, 0.3) is 0 Å². The van der Waals surface area contributed by atoms with E-state index in [-0.39, 0.29) is 0 Å². The van der Waals surface area contributed by atoms with Crippen LogP contribution >= 0.6 is 11.1 Å². The highest BCUT2D eigenvalue weighted by Crippen LogP contribution is 2.23. The maximum absolute atomic E-state index is 6.42. The van der Waals surface area contributed by atoms with Crippen molar-refractivity contribution >= 4 is 19.3 Å². The Morgan fingerprint density at radius 3 is 1.92 bits per heavy atom. The number of halogens is 1. The molecule has 0 aromatic carbocycles. The number of rotatable bonds is 5. The van der Waals surface area contributed by atoms with Gasteiger partial charge in [0.15, 0.2) is 0 Å². The summed E-state index contributed by atoms with van der Waals surface area (Å²) >= 11 is 6.42. The summed E-state index contributed by atoms with van der Waals surface area (Å²) in [6.45, 7) is 13.5. The predicted octanol–water partition coefficient (Wildman–Crippen LogP) is 3.22. The number of hydrogen-bond donors (Lipinski definition) is 0. The zero-order valence-electron chi connectivity index (χ0n) is 9.73. The van der Waals surface area contributed by atoms with Gasteiger partial charge >= 0.3 is 0 Å². The van der Waals surface area contributed by atoms with Gasteiger partial charge in [-0.25, -0.2) is 0 Å². The Hall–Kier alpha value is 0.467. The summed E-state index contributed by atoms with van der Waals surface area (Å²) in [4.78, 5) is 0. The lowest BCUT2D eigenvalue weighted by atomic mass is 9.94. The van der Waals surface area contributed by atoms with Crippen molar-refractivity contribution in [1.82, 2.24) is 4.57 Å². The van der Waals surface area contributed by atoms with E-state index in [9.17, 15) is 0 Å². The molecule has 1 unspecified atom stereocenters. The van der Waals surface area contributed by atoms with Gasteiger partial charge < -0.3 is 4.57 Å². The summed E-state index contributed by atoms with van der Waals surface area (Å²) in [5.74, 6) is 0. The Labute approximate surface area is 89.8 Å². The third kappa shape index (κ3) is 6.53. The first-order chi connectivity index (χ1) is 5.90. The molecule has 13 heavy (non-hydrogen) atoms. The summed E-state index contributed by atoms with van der Waals surface area (Å²) in [7, 11) is -1.11. The van der Waals surface area contributed by atoms with Crippen LogP contribution in [0.3, 0.4) is 0 Å². The van der Waals surface area contributed by atoms with Crippen LogP contribution in [0.2, 0.25) is 6.04 Å². The number of hydrogen-bond acceptors (Lipinski definition) is 1. The van der Waals surface area contributed by atoms with E-state index in [2.05, 4.69) is 39.2 Å². The Balaban J connectivity index is 3.78. The van der Waals surface area contributed by atoms with E-state index >= 15 is 0 Å². The minimum Gasteiger partial charge on any atom is -0.315 e. The summed E-state index contributed by atoms with van der Waals surface area (Å²) in [5.41, 5.74) is 0.438. The second kappa shape index (κ2) is 6.05. The lowest BCUT2D eigenvalue weighted by molar-refractivity contribution is 0.389. The van der Waals surface area contributed by atoms with Crippen molar-refractivity contribution in [3.63, 3.8) is 0 Å². The van der Waals surface area contributed by atoms with Crippen molar-refractivity contribution in [1.29, 1.82) is 0 Å². The first-order valence-corrected chi connectivity index (χ1v) is 8.36. The van der Waals surface area contributed by atoms with Crippen LogP contribution in [0.5, 0.6) is 0 Å². The normalized spacial score (nSPS) is 15.0. The molecule has 0 amide bonds. The van der Waals surface area contributed by atoms with E-state index in [1.54, 1.807) is 0 Å². The van der Waals surface area contributed by atoms with Gasteiger partial charge in [-0.2, -0.15) is 11.1 Å². The minimum atomic E-state index is -1.11. The van der Waals surface area contributed by atoms with Crippen LogP contribution in [0.1, 0.15) is 41.0 Å². The van der Waals surface area contributed by atoms with E-state index in [0.29, 0.717) is 5.41 Å². The van der Waals surface area contributed by atoms with E-state index in [4.69, 9.17) is 11.1 Å². The summed E-state index contributed by atoms with van der Waals surface area (Å²) in [6, 6.07) is 1.23. The van der Waals surface area contributed by atoms with Gasteiger partial charge in [-0.1, -0.05) is 34.6 Å². The molecular weight excluding hydrogens is 198 g/mol. The third-order valence-corrected chi connectivity index (χ3v) is 6.11. The highest BCUT2D eigenvalue weighted by atomic mass is 35.6. The van der Waals surface area contributed by atoms with Crippen molar-refractivity contribution in [2.24, 2.45) is 5.41 Å². The molecule has 0 saturated carbocycles. The van der Waals surface area contributed by atoms with Crippen molar-refractivity contribution in [2.75, 3.05) is 13.1 Å². The summed E-state index contributed by atoms with van der Waals surface area (Å²) in [6.07, 6.45) is 1.25. The lowest BCUT2D eigenvalue weighted by Crippen LogP contribution is -2.35. The zero-order chi connectivity index (χ0) is 10.5. The van der Waals surface area contributed by atoms with Gasteiger partial charge in [-0.15, -0.1) is 0 Å². The molecule has 0 saturated heterocycles. The van der Waals surface area contributed by atoms with E-state index in [1.807, 2.05) is 0 Å². The van der Waals surface area contributed by atoms with E-state index in [1.165, 1.54) is 12.5 Å². The SMILES string of the molecule is CCN(CC)[SiH](Cl)CCC(C)(C)C. The summed E-state index contributed by atoms with van der Waals surface area (Å²) < 4.78 is 2.44. The van der Waals surface area contributed by atoms with Gasteiger partial charge in [0.05, 0.1) is 0 Å². The largest absolute Gasteiger partial charge is 0.315 e. The first-order valence-electron chi connectivity index (χ1n) is 5.28. The molecule has 0 fully saturated rings. The predicted molar refractivity (Wildman–Crippen MR) is 64.8 cm³/mol. The molecular formula is C10H24ClNSi. The second-order valence-corrected chi connectivity index (χ2v) is 8.44. The van der Waals surface area contributed by atoms with Gasteiger partial charge in [0, 0.05) is 0 Å². The smallest absolute Gasteiger partial charge is 0.213 e. The fourth-order valence-corrected chi connectivity index (χ4v) is 4.77. The molecule has 1 nitrogen and oxygen atoms in total. The Morgan fingerprint density at radius 2 is 1.62 bits per heavy atom. The molecule has 0 aromatic rings. The fourth-order valence-electron chi connectivity index (χ4n) is 1.35. The topological polar surface area (TPSA) is 3.24 Å². The Kier molecular flexibility index (Phi) is 6.26.